The Balaban J connectivity index is 2.28. The lowest BCUT2D eigenvalue weighted by molar-refractivity contribution is -0.194. The molecule has 3 heteroatoms. The Kier molecular flexibility index (Phi) is 3.98. The molecular formula is C9H18O3. The molecule has 1 N–H and O–H groups in total. The van der Waals surface area contributed by atoms with E-state index in [1.54, 1.807) is 0 Å². The first-order valence-electron chi connectivity index (χ1n) is 4.70. The molecular weight excluding hydrogens is 156 g/mol. The molecule has 1 aliphatic rings. The maximum absolute atomic E-state index is 9.66. The fraction of sp³-hybridized carbons (Fsp3) is 1.00. The summed E-state index contributed by atoms with van der Waals surface area (Å²) in [6.07, 6.45) is 1.38. The van der Waals surface area contributed by atoms with Crippen LogP contribution in [0.3, 0.4) is 0 Å². The lowest BCUT2D eigenvalue weighted by atomic mass is 10.2. The molecule has 3 nitrogen and oxygen atoms in total. The van der Waals surface area contributed by atoms with Crippen LogP contribution in [0.1, 0.15) is 26.7 Å². The van der Waals surface area contributed by atoms with Crippen LogP contribution in [0.4, 0.5) is 0 Å². The Morgan fingerprint density at radius 2 is 1.75 bits per heavy atom. The van der Waals surface area contributed by atoms with Crippen LogP contribution >= 0.6 is 0 Å². The van der Waals surface area contributed by atoms with Gasteiger partial charge in [0.2, 0.25) is 0 Å². The van der Waals surface area contributed by atoms with E-state index in [0.717, 1.165) is 12.8 Å². The van der Waals surface area contributed by atoms with Crippen LogP contribution in [0.25, 0.3) is 0 Å². The molecule has 0 aromatic rings. The lowest BCUT2D eigenvalue weighted by Gasteiger charge is -2.22. The highest BCUT2D eigenvalue weighted by atomic mass is 16.7. The monoisotopic (exact) mass is 174 g/mol. The highest BCUT2D eigenvalue weighted by molar-refractivity contribution is 4.82. The Hall–Kier alpha value is -0.120. The lowest BCUT2D eigenvalue weighted by Crippen LogP contribution is -2.33. The number of rotatable bonds is 6. The third kappa shape index (κ3) is 2.73. The van der Waals surface area contributed by atoms with Gasteiger partial charge in [0.15, 0.2) is 6.29 Å². The van der Waals surface area contributed by atoms with Gasteiger partial charge in [-0.15, -0.1) is 0 Å². The van der Waals surface area contributed by atoms with Crippen molar-refractivity contribution in [2.45, 2.75) is 39.1 Å². The minimum absolute atomic E-state index is 0.410. The van der Waals surface area contributed by atoms with E-state index < -0.39 is 12.4 Å². The summed E-state index contributed by atoms with van der Waals surface area (Å²) < 4.78 is 10.5. The van der Waals surface area contributed by atoms with Gasteiger partial charge in [0.25, 0.3) is 0 Å². The average Bonchev–Trinajstić information content (AvgIpc) is 2.85. The molecule has 0 bridgehead atoms. The maximum Gasteiger partial charge on any atom is 0.183 e. The summed E-state index contributed by atoms with van der Waals surface area (Å²) in [5.41, 5.74) is 0. The fourth-order valence-electron chi connectivity index (χ4n) is 1.23. The molecule has 0 spiro atoms. The molecule has 1 aliphatic carbocycles. The van der Waals surface area contributed by atoms with Crippen LogP contribution in [-0.4, -0.2) is 30.7 Å². The largest absolute Gasteiger partial charge is 0.388 e. The smallest absolute Gasteiger partial charge is 0.183 e. The number of aliphatic hydroxyl groups is 1. The van der Waals surface area contributed by atoms with E-state index >= 15 is 0 Å². The minimum Gasteiger partial charge on any atom is -0.388 e. The highest BCUT2D eigenvalue weighted by Crippen LogP contribution is 2.34. The van der Waals surface area contributed by atoms with E-state index in [2.05, 4.69) is 0 Å². The Labute approximate surface area is 73.7 Å². The van der Waals surface area contributed by atoms with Gasteiger partial charge >= 0.3 is 0 Å². The van der Waals surface area contributed by atoms with Gasteiger partial charge in [-0.3, -0.25) is 0 Å². The predicted molar refractivity (Wildman–Crippen MR) is 45.8 cm³/mol. The van der Waals surface area contributed by atoms with Gasteiger partial charge < -0.3 is 14.6 Å². The zero-order valence-corrected chi connectivity index (χ0v) is 7.82. The third-order valence-corrected chi connectivity index (χ3v) is 2.05. The SMILES string of the molecule is CCOC(OCC)C(O)C1CC1. The van der Waals surface area contributed by atoms with E-state index in [-0.39, 0.29) is 0 Å². The van der Waals surface area contributed by atoms with Crippen LogP contribution in [-0.2, 0) is 9.47 Å². The fourth-order valence-corrected chi connectivity index (χ4v) is 1.23. The molecule has 0 heterocycles. The van der Waals surface area contributed by atoms with E-state index in [9.17, 15) is 5.11 Å². The van der Waals surface area contributed by atoms with Crippen molar-refractivity contribution in [2.24, 2.45) is 5.92 Å². The Bertz CT molecular complexity index is 117. The Morgan fingerprint density at radius 1 is 1.25 bits per heavy atom. The molecule has 0 aliphatic heterocycles. The van der Waals surface area contributed by atoms with Gasteiger partial charge in [-0.2, -0.15) is 0 Å². The zero-order valence-electron chi connectivity index (χ0n) is 7.82. The highest BCUT2D eigenvalue weighted by Gasteiger charge is 2.36. The summed E-state index contributed by atoms with van der Waals surface area (Å²) in [5.74, 6) is 0.410. The Morgan fingerprint density at radius 3 is 2.08 bits per heavy atom. The van der Waals surface area contributed by atoms with Crippen molar-refractivity contribution in [3.63, 3.8) is 0 Å². The molecule has 0 radical (unpaired) electrons. The van der Waals surface area contributed by atoms with E-state index in [4.69, 9.17) is 9.47 Å². The van der Waals surface area contributed by atoms with Crippen LogP contribution in [0, 0.1) is 5.92 Å². The van der Waals surface area contributed by atoms with Gasteiger partial charge in [-0.25, -0.2) is 0 Å². The third-order valence-electron chi connectivity index (χ3n) is 2.05. The molecule has 1 rings (SSSR count). The molecule has 0 aromatic heterocycles. The summed E-state index contributed by atoms with van der Waals surface area (Å²) in [6, 6.07) is 0. The van der Waals surface area contributed by atoms with Gasteiger partial charge in [-0.1, -0.05) is 0 Å². The van der Waals surface area contributed by atoms with E-state index in [1.807, 2.05) is 13.8 Å². The first-order chi connectivity index (χ1) is 5.79. The van der Waals surface area contributed by atoms with Gasteiger partial charge in [0, 0.05) is 13.2 Å². The first-order valence-corrected chi connectivity index (χ1v) is 4.70. The second kappa shape index (κ2) is 4.80. The van der Waals surface area contributed by atoms with Crippen molar-refractivity contribution in [1.82, 2.24) is 0 Å². The molecule has 1 saturated carbocycles. The predicted octanol–water partition coefficient (Wildman–Crippen LogP) is 1.16. The summed E-state index contributed by atoms with van der Waals surface area (Å²) in [4.78, 5) is 0. The van der Waals surface area contributed by atoms with Crippen LogP contribution in [0.2, 0.25) is 0 Å². The molecule has 1 fully saturated rings. The van der Waals surface area contributed by atoms with Crippen LogP contribution in [0.5, 0.6) is 0 Å². The van der Waals surface area contributed by atoms with Crippen LogP contribution < -0.4 is 0 Å². The standard InChI is InChI=1S/C9H18O3/c1-3-11-9(12-4-2)8(10)7-5-6-7/h7-10H,3-6H2,1-2H3. The minimum atomic E-state index is -0.426. The van der Waals surface area contributed by atoms with Crippen molar-refractivity contribution in [3.8, 4) is 0 Å². The van der Waals surface area contributed by atoms with Crippen molar-refractivity contribution in [1.29, 1.82) is 0 Å². The molecule has 1 unspecified atom stereocenters. The van der Waals surface area contributed by atoms with Gasteiger partial charge in [0.05, 0.1) is 0 Å². The quantitative estimate of drug-likeness (QED) is 0.614. The first kappa shape index (κ1) is 9.96. The van der Waals surface area contributed by atoms with Gasteiger partial charge in [-0.05, 0) is 32.6 Å². The summed E-state index contributed by atoms with van der Waals surface area (Å²) in [7, 11) is 0. The molecule has 72 valence electrons. The normalized spacial score (nSPS) is 20.0. The van der Waals surface area contributed by atoms with Crippen molar-refractivity contribution < 1.29 is 14.6 Å². The molecule has 1 atom stereocenters. The second-order valence-corrected chi connectivity index (χ2v) is 3.11. The number of hydrogen-bond acceptors (Lipinski definition) is 3. The van der Waals surface area contributed by atoms with E-state index in [1.165, 1.54) is 0 Å². The van der Waals surface area contributed by atoms with Gasteiger partial charge in [0.1, 0.15) is 6.10 Å². The number of hydrogen-bond donors (Lipinski definition) is 1. The van der Waals surface area contributed by atoms with Crippen molar-refractivity contribution in [3.05, 3.63) is 0 Å². The van der Waals surface area contributed by atoms with Crippen molar-refractivity contribution >= 4 is 0 Å². The second-order valence-electron chi connectivity index (χ2n) is 3.11. The summed E-state index contributed by atoms with van der Waals surface area (Å²) in [5, 5.41) is 9.66. The molecule has 12 heavy (non-hydrogen) atoms. The zero-order chi connectivity index (χ0) is 8.97. The molecule has 0 aromatic carbocycles. The summed E-state index contributed by atoms with van der Waals surface area (Å²) >= 11 is 0. The van der Waals surface area contributed by atoms with E-state index in [0.29, 0.717) is 19.1 Å². The topological polar surface area (TPSA) is 38.7 Å². The number of ether oxygens (including phenoxy) is 2. The van der Waals surface area contributed by atoms with Crippen molar-refractivity contribution in [2.75, 3.05) is 13.2 Å². The number of aliphatic hydroxyl groups excluding tert-OH is 1. The van der Waals surface area contributed by atoms with Crippen LogP contribution in [0.15, 0.2) is 0 Å². The summed E-state index contributed by atoms with van der Waals surface area (Å²) in [6.45, 7) is 5.00. The molecule has 0 amide bonds. The maximum atomic E-state index is 9.66. The average molecular weight is 174 g/mol. The molecule has 0 saturated heterocycles.